The molecule has 1 aromatic heterocycles. The highest BCUT2D eigenvalue weighted by Gasteiger charge is 2.32. The number of amides is 1. The molecule has 154 valence electrons. The van der Waals surface area contributed by atoms with E-state index in [1.54, 1.807) is 17.7 Å². The van der Waals surface area contributed by atoms with Gasteiger partial charge in [-0.25, -0.2) is 8.78 Å². The van der Waals surface area contributed by atoms with Gasteiger partial charge in [-0.05, 0) is 35.4 Å². The Morgan fingerprint density at radius 1 is 1.20 bits per heavy atom. The molecule has 1 aliphatic rings. The SMILES string of the molecule is Cn1c(SCc2cccc(Cl)c2)nc(=O)c2c1NC(=O)C[C@H]2c1cc(F)cc(F)c1. The van der Waals surface area contributed by atoms with Crippen molar-refractivity contribution in [2.24, 2.45) is 7.05 Å². The van der Waals surface area contributed by atoms with Gasteiger partial charge in [0.1, 0.15) is 17.5 Å². The second-order valence-electron chi connectivity index (χ2n) is 6.95. The fraction of sp³-hybridized carbons (Fsp3) is 0.190. The maximum atomic E-state index is 13.7. The van der Waals surface area contributed by atoms with Crippen LogP contribution >= 0.6 is 23.4 Å². The van der Waals surface area contributed by atoms with Crippen LogP contribution in [0.25, 0.3) is 0 Å². The Kier molecular flexibility index (Phi) is 5.62. The third-order valence-electron chi connectivity index (χ3n) is 4.85. The van der Waals surface area contributed by atoms with E-state index in [4.69, 9.17) is 11.6 Å². The molecule has 0 unspecified atom stereocenters. The monoisotopic (exact) mass is 447 g/mol. The molecule has 1 aliphatic heterocycles. The van der Waals surface area contributed by atoms with Gasteiger partial charge in [0, 0.05) is 36.2 Å². The van der Waals surface area contributed by atoms with Crippen LogP contribution in [-0.2, 0) is 17.6 Å². The van der Waals surface area contributed by atoms with Crippen molar-refractivity contribution in [3.05, 3.63) is 86.2 Å². The number of rotatable bonds is 4. The lowest BCUT2D eigenvalue weighted by Crippen LogP contribution is -2.33. The number of nitrogens with one attached hydrogen (secondary N) is 1. The smallest absolute Gasteiger partial charge is 0.279 e. The molecule has 2 aromatic carbocycles. The summed E-state index contributed by atoms with van der Waals surface area (Å²) in [5, 5.41) is 3.72. The lowest BCUT2D eigenvalue weighted by atomic mass is 9.86. The summed E-state index contributed by atoms with van der Waals surface area (Å²) in [6.07, 6.45) is -0.0954. The van der Waals surface area contributed by atoms with Gasteiger partial charge in [-0.15, -0.1) is 0 Å². The van der Waals surface area contributed by atoms with Crippen LogP contribution < -0.4 is 10.9 Å². The summed E-state index contributed by atoms with van der Waals surface area (Å²) >= 11 is 7.33. The summed E-state index contributed by atoms with van der Waals surface area (Å²) in [5.74, 6) is -1.85. The summed E-state index contributed by atoms with van der Waals surface area (Å²) in [7, 11) is 1.68. The van der Waals surface area contributed by atoms with Crippen molar-refractivity contribution in [2.45, 2.75) is 23.2 Å². The lowest BCUT2D eigenvalue weighted by molar-refractivity contribution is -0.116. The molecule has 0 bridgehead atoms. The Morgan fingerprint density at radius 2 is 1.93 bits per heavy atom. The zero-order valence-corrected chi connectivity index (χ0v) is 17.4. The normalized spacial score (nSPS) is 15.6. The number of benzene rings is 2. The van der Waals surface area contributed by atoms with E-state index < -0.39 is 23.1 Å². The molecule has 0 aliphatic carbocycles. The first-order valence-electron chi connectivity index (χ1n) is 9.06. The average molecular weight is 448 g/mol. The van der Waals surface area contributed by atoms with E-state index in [2.05, 4.69) is 10.3 Å². The van der Waals surface area contributed by atoms with Gasteiger partial charge < -0.3 is 9.88 Å². The van der Waals surface area contributed by atoms with Gasteiger partial charge in [0.05, 0.1) is 5.56 Å². The first kappa shape index (κ1) is 20.6. The van der Waals surface area contributed by atoms with Gasteiger partial charge in [-0.2, -0.15) is 4.98 Å². The van der Waals surface area contributed by atoms with Crippen LogP contribution in [0.15, 0.2) is 52.4 Å². The van der Waals surface area contributed by atoms with E-state index in [9.17, 15) is 18.4 Å². The topological polar surface area (TPSA) is 64.0 Å². The second kappa shape index (κ2) is 8.20. The molecule has 30 heavy (non-hydrogen) atoms. The minimum absolute atomic E-state index is 0.0954. The summed E-state index contributed by atoms with van der Waals surface area (Å²) in [6.45, 7) is 0. The number of thioether (sulfide) groups is 1. The third kappa shape index (κ3) is 4.11. The highest BCUT2D eigenvalue weighted by molar-refractivity contribution is 7.98. The predicted octanol–water partition coefficient (Wildman–Crippen LogP) is 4.48. The van der Waals surface area contributed by atoms with Gasteiger partial charge in [0.2, 0.25) is 5.91 Å². The number of fused-ring (bicyclic) bond motifs is 1. The lowest BCUT2D eigenvalue weighted by Gasteiger charge is -2.27. The van der Waals surface area contributed by atoms with Gasteiger partial charge in [-0.3, -0.25) is 9.59 Å². The number of hydrogen-bond acceptors (Lipinski definition) is 4. The average Bonchev–Trinajstić information content (AvgIpc) is 2.68. The van der Waals surface area contributed by atoms with E-state index in [1.807, 2.05) is 18.2 Å². The number of anilines is 1. The summed E-state index contributed by atoms with van der Waals surface area (Å²) in [5.41, 5.74) is 0.860. The van der Waals surface area contributed by atoms with Gasteiger partial charge in [-0.1, -0.05) is 35.5 Å². The number of hydrogen-bond donors (Lipinski definition) is 1. The van der Waals surface area contributed by atoms with E-state index >= 15 is 0 Å². The van der Waals surface area contributed by atoms with Gasteiger partial charge in [0.15, 0.2) is 5.16 Å². The van der Waals surface area contributed by atoms with Crippen molar-refractivity contribution < 1.29 is 13.6 Å². The molecular formula is C21H16ClF2N3O2S. The zero-order valence-electron chi connectivity index (χ0n) is 15.8. The largest absolute Gasteiger partial charge is 0.312 e. The van der Waals surface area contributed by atoms with Crippen molar-refractivity contribution in [2.75, 3.05) is 5.32 Å². The molecule has 5 nitrogen and oxygen atoms in total. The Morgan fingerprint density at radius 3 is 2.63 bits per heavy atom. The van der Waals surface area contributed by atoms with Crippen molar-refractivity contribution in [1.82, 2.24) is 9.55 Å². The molecule has 4 rings (SSSR count). The van der Waals surface area contributed by atoms with E-state index in [0.717, 1.165) is 23.8 Å². The number of carbonyl (C=O) groups is 1. The molecular weight excluding hydrogens is 432 g/mol. The van der Waals surface area contributed by atoms with Crippen molar-refractivity contribution in [3.8, 4) is 0 Å². The third-order valence-corrected chi connectivity index (χ3v) is 6.18. The highest BCUT2D eigenvalue weighted by Crippen LogP contribution is 2.36. The molecule has 0 radical (unpaired) electrons. The summed E-state index contributed by atoms with van der Waals surface area (Å²) in [6, 6.07) is 10.4. The van der Waals surface area contributed by atoms with Crippen molar-refractivity contribution >= 4 is 35.1 Å². The fourth-order valence-electron chi connectivity index (χ4n) is 3.50. The Bertz CT molecular complexity index is 1200. The molecule has 1 amide bonds. The number of halogens is 3. The molecule has 0 fully saturated rings. The van der Waals surface area contributed by atoms with Gasteiger partial charge >= 0.3 is 0 Å². The van der Waals surface area contributed by atoms with Crippen LogP contribution in [0, 0.1) is 11.6 Å². The molecule has 0 spiro atoms. The Hall–Kier alpha value is -2.71. The Balaban J connectivity index is 1.73. The number of aromatic nitrogens is 2. The molecule has 9 heteroatoms. The maximum absolute atomic E-state index is 13.7. The van der Waals surface area contributed by atoms with E-state index in [0.29, 0.717) is 15.9 Å². The van der Waals surface area contributed by atoms with Crippen LogP contribution in [-0.4, -0.2) is 15.5 Å². The molecule has 2 heterocycles. The molecule has 0 saturated carbocycles. The quantitative estimate of drug-likeness (QED) is 0.473. The molecule has 1 atom stereocenters. The maximum Gasteiger partial charge on any atom is 0.279 e. The minimum atomic E-state index is -0.780. The highest BCUT2D eigenvalue weighted by atomic mass is 35.5. The molecule has 1 N–H and O–H groups in total. The molecule has 0 saturated heterocycles. The predicted molar refractivity (Wildman–Crippen MR) is 112 cm³/mol. The van der Waals surface area contributed by atoms with Crippen LogP contribution in [0.1, 0.15) is 29.0 Å². The van der Waals surface area contributed by atoms with Crippen LogP contribution in [0.3, 0.4) is 0 Å². The minimum Gasteiger partial charge on any atom is -0.312 e. The van der Waals surface area contributed by atoms with Crippen molar-refractivity contribution in [1.29, 1.82) is 0 Å². The first-order valence-corrected chi connectivity index (χ1v) is 10.4. The van der Waals surface area contributed by atoms with E-state index in [-0.39, 0.29) is 29.3 Å². The zero-order chi connectivity index (χ0) is 21.4. The van der Waals surface area contributed by atoms with E-state index in [1.165, 1.54) is 11.8 Å². The second-order valence-corrected chi connectivity index (χ2v) is 8.33. The molecule has 3 aromatic rings. The van der Waals surface area contributed by atoms with Crippen LogP contribution in [0.4, 0.5) is 14.6 Å². The van der Waals surface area contributed by atoms with Gasteiger partial charge in [0.25, 0.3) is 5.56 Å². The van der Waals surface area contributed by atoms with Crippen molar-refractivity contribution in [3.63, 3.8) is 0 Å². The summed E-state index contributed by atoms with van der Waals surface area (Å²) < 4.78 is 29.1. The fourth-order valence-corrected chi connectivity index (χ4v) is 4.62. The number of carbonyl (C=O) groups excluding carboxylic acids is 1. The Labute approximate surface area is 180 Å². The standard InChI is InChI=1S/C21H16ClF2N3O2S/c1-27-19-18(16(9-17(28)25-19)12-6-14(23)8-15(24)7-12)20(29)26-21(27)30-10-11-3-2-4-13(22)5-11/h2-8,16H,9-10H2,1H3,(H,25,28)/t16-/m0/s1. The number of nitrogens with zero attached hydrogens (tertiary/aromatic N) is 2. The van der Waals surface area contributed by atoms with Crippen LogP contribution in [0.2, 0.25) is 5.02 Å². The summed E-state index contributed by atoms with van der Waals surface area (Å²) in [4.78, 5) is 29.3. The first-order chi connectivity index (χ1) is 14.3. The van der Waals surface area contributed by atoms with Crippen LogP contribution in [0.5, 0.6) is 0 Å².